The van der Waals surface area contributed by atoms with Crippen molar-refractivity contribution in [3.05, 3.63) is 0 Å². The molecule has 0 aliphatic rings. The summed E-state index contributed by atoms with van der Waals surface area (Å²) in [6, 6.07) is 0. The molecule has 0 aliphatic carbocycles. The summed E-state index contributed by atoms with van der Waals surface area (Å²) in [6.45, 7) is 1.31. The number of carboxylic acid groups (broad SMARTS) is 2. The van der Waals surface area contributed by atoms with E-state index in [0.717, 1.165) is 0 Å². The molecule has 5 heteroatoms. The predicted octanol–water partition coefficient (Wildman–Crippen LogP) is -3.73. The molecule has 0 saturated carbocycles. The fraction of sp³-hybridized carbons (Fsp3) is 0.667. The van der Waals surface area contributed by atoms with Gasteiger partial charge in [-0.1, -0.05) is 0 Å². The molecule has 64 valence electrons. The summed E-state index contributed by atoms with van der Waals surface area (Å²) >= 11 is 0. The molecule has 0 bridgehead atoms. The van der Waals surface area contributed by atoms with Crippen LogP contribution in [0.2, 0.25) is 0 Å². The summed E-state index contributed by atoms with van der Waals surface area (Å²) in [6.07, 6.45) is -0.383. The van der Waals surface area contributed by atoms with Gasteiger partial charge in [-0.2, -0.15) is 0 Å². The Morgan fingerprint density at radius 3 is 2.18 bits per heavy atom. The van der Waals surface area contributed by atoms with Crippen molar-refractivity contribution in [3.63, 3.8) is 0 Å². The average Bonchev–Trinajstić information content (AvgIpc) is 1.84. The predicted molar refractivity (Wildman–Crippen MR) is 30.5 cm³/mol. The maximum absolute atomic E-state index is 10.2. The third-order valence-electron chi connectivity index (χ3n) is 1.37. The maximum atomic E-state index is 10.2. The Labute approximate surface area is 63.8 Å². The second-order valence-electron chi connectivity index (χ2n) is 2.72. The first-order valence-corrected chi connectivity index (χ1v) is 3.13. The van der Waals surface area contributed by atoms with Gasteiger partial charge in [-0.05, 0) is 13.3 Å². The lowest BCUT2D eigenvalue weighted by atomic mass is 9.98. The van der Waals surface area contributed by atoms with Crippen LogP contribution < -0.4 is 15.9 Å². The summed E-state index contributed by atoms with van der Waals surface area (Å²) in [5.41, 5.74) is 1.96. The van der Waals surface area contributed by atoms with Crippen LogP contribution in [-0.4, -0.2) is 17.5 Å². The molecule has 0 unspecified atom stereocenters. The lowest BCUT2D eigenvalue weighted by molar-refractivity contribution is -0.482. The Kier molecular flexibility index (Phi) is 3.00. The molecule has 0 aromatic carbocycles. The summed E-state index contributed by atoms with van der Waals surface area (Å²) in [4.78, 5) is 20.2. The third-order valence-corrected chi connectivity index (χ3v) is 1.37. The smallest absolute Gasteiger partial charge is 0.132 e. The van der Waals surface area contributed by atoms with Crippen LogP contribution in [0.3, 0.4) is 0 Å². The Hall–Kier alpha value is -1.10. The molecule has 0 rings (SSSR count). The van der Waals surface area contributed by atoms with Crippen LogP contribution in [0.5, 0.6) is 0 Å². The van der Waals surface area contributed by atoms with Crippen LogP contribution in [0.15, 0.2) is 0 Å². The van der Waals surface area contributed by atoms with Crippen molar-refractivity contribution in [2.75, 3.05) is 0 Å². The Morgan fingerprint density at radius 1 is 1.45 bits per heavy atom. The minimum atomic E-state index is -1.35. The van der Waals surface area contributed by atoms with Crippen LogP contribution in [0, 0.1) is 0 Å². The molecular formula is C6H10NO4-. The highest BCUT2D eigenvalue weighted by Crippen LogP contribution is 2.03. The zero-order valence-electron chi connectivity index (χ0n) is 6.25. The minimum Gasteiger partial charge on any atom is -0.550 e. The molecule has 0 radical (unpaired) electrons. The van der Waals surface area contributed by atoms with E-state index in [-0.39, 0.29) is 12.8 Å². The van der Waals surface area contributed by atoms with Crippen LogP contribution in [-0.2, 0) is 9.59 Å². The number of hydrogen-bond acceptors (Lipinski definition) is 4. The van der Waals surface area contributed by atoms with Gasteiger partial charge in [0.1, 0.15) is 11.5 Å². The molecular weight excluding hydrogens is 150 g/mol. The number of carbonyl (C=O) groups excluding carboxylic acids is 2. The van der Waals surface area contributed by atoms with Crippen molar-refractivity contribution in [3.8, 4) is 0 Å². The Balaban J connectivity index is 3.92. The van der Waals surface area contributed by atoms with Crippen LogP contribution >= 0.6 is 0 Å². The summed E-state index contributed by atoms with van der Waals surface area (Å²) in [5.74, 6) is -2.63. The van der Waals surface area contributed by atoms with Crippen molar-refractivity contribution < 1.29 is 25.5 Å². The van der Waals surface area contributed by atoms with E-state index in [4.69, 9.17) is 0 Å². The first-order chi connectivity index (χ1) is 4.86. The number of carbonyl (C=O) groups is 2. The number of hydrogen-bond donors (Lipinski definition) is 1. The second-order valence-corrected chi connectivity index (χ2v) is 2.72. The largest absolute Gasteiger partial charge is 0.550 e. The highest BCUT2D eigenvalue weighted by atomic mass is 16.4. The Bertz CT molecular complexity index is 175. The van der Waals surface area contributed by atoms with Crippen molar-refractivity contribution >= 4 is 11.9 Å². The summed E-state index contributed by atoms with van der Waals surface area (Å²) in [7, 11) is 0. The van der Waals surface area contributed by atoms with Crippen molar-refractivity contribution in [2.24, 2.45) is 0 Å². The Morgan fingerprint density at radius 2 is 1.91 bits per heavy atom. The van der Waals surface area contributed by atoms with Gasteiger partial charge in [0.25, 0.3) is 0 Å². The quantitative estimate of drug-likeness (QED) is 0.456. The van der Waals surface area contributed by atoms with Gasteiger partial charge in [0.2, 0.25) is 0 Å². The molecule has 5 nitrogen and oxygen atoms in total. The molecule has 0 spiro atoms. The topological polar surface area (TPSA) is 108 Å². The van der Waals surface area contributed by atoms with Gasteiger partial charge in [-0.25, -0.2) is 0 Å². The lowest BCUT2D eigenvalue weighted by Crippen LogP contribution is -2.78. The summed E-state index contributed by atoms with van der Waals surface area (Å²) in [5, 5.41) is 20.2. The normalized spacial score (nSPS) is 15.5. The van der Waals surface area contributed by atoms with Crippen molar-refractivity contribution in [1.82, 2.24) is 0 Å². The fourth-order valence-corrected chi connectivity index (χ4v) is 0.480. The first-order valence-electron chi connectivity index (χ1n) is 3.13. The van der Waals surface area contributed by atoms with E-state index in [1.807, 2.05) is 0 Å². The molecule has 0 heterocycles. The maximum Gasteiger partial charge on any atom is 0.132 e. The van der Waals surface area contributed by atoms with E-state index in [9.17, 15) is 19.8 Å². The van der Waals surface area contributed by atoms with Crippen molar-refractivity contribution in [2.45, 2.75) is 25.3 Å². The number of aliphatic carboxylic acids is 2. The monoisotopic (exact) mass is 160 g/mol. The van der Waals surface area contributed by atoms with E-state index in [2.05, 4.69) is 5.73 Å². The van der Waals surface area contributed by atoms with E-state index in [0.29, 0.717) is 0 Å². The number of rotatable bonds is 4. The van der Waals surface area contributed by atoms with Gasteiger partial charge in [-0.15, -0.1) is 0 Å². The standard InChI is InChI=1S/C6H11NO4/c1-6(7,5(10)11)3-2-4(8)9/h2-3,7H2,1H3,(H,8,9)(H,10,11)/p-1/t6-/m1/s1. The molecule has 3 N–H and O–H groups in total. The van der Waals surface area contributed by atoms with Crippen molar-refractivity contribution in [1.29, 1.82) is 0 Å². The van der Waals surface area contributed by atoms with Crippen LogP contribution in [0.1, 0.15) is 19.8 Å². The molecule has 0 amide bonds. The molecule has 0 fully saturated rings. The molecule has 0 aromatic heterocycles. The van der Waals surface area contributed by atoms with Gasteiger partial charge in [0.05, 0.1) is 0 Å². The van der Waals surface area contributed by atoms with Gasteiger partial charge in [0.15, 0.2) is 0 Å². The molecule has 1 atom stereocenters. The first kappa shape index (κ1) is 9.90. The second kappa shape index (κ2) is 3.34. The molecule has 0 saturated heterocycles. The van der Waals surface area contributed by atoms with Crippen LogP contribution in [0.25, 0.3) is 0 Å². The third kappa shape index (κ3) is 3.57. The number of carboxylic acids is 2. The molecule has 0 aromatic rings. The lowest BCUT2D eigenvalue weighted by Gasteiger charge is -2.21. The van der Waals surface area contributed by atoms with Gasteiger partial charge >= 0.3 is 0 Å². The van der Waals surface area contributed by atoms with Gasteiger partial charge in [-0.3, -0.25) is 0 Å². The zero-order valence-corrected chi connectivity index (χ0v) is 6.25. The van der Waals surface area contributed by atoms with E-state index in [1.165, 1.54) is 6.92 Å². The summed E-state index contributed by atoms with van der Waals surface area (Å²) < 4.78 is 0. The highest BCUT2D eigenvalue weighted by molar-refractivity contribution is 5.75. The minimum absolute atomic E-state index is 0.0718. The van der Waals surface area contributed by atoms with E-state index >= 15 is 0 Å². The molecule has 0 aliphatic heterocycles. The average molecular weight is 160 g/mol. The molecule has 11 heavy (non-hydrogen) atoms. The fourth-order valence-electron chi connectivity index (χ4n) is 0.480. The van der Waals surface area contributed by atoms with E-state index < -0.39 is 17.5 Å². The zero-order chi connectivity index (χ0) is 9.07. The van der Waals surface area contributed by atoms with Gasteiger partial charge < -0.3 is 25.5 Å². The van der Waals surface area contributed by atoms with Crippen LogP contribution in [0.4, 0.5) is 0 Å². The van der Waals surface area contributed by atoms with E-state index in [1.54, 1.807) is 0 Å². The van der Waals surface area contributed by atoms with Gasteiger partial charge in [0, 0.05) is 12.4 Å². The SMILES string of the molecule is C[C@@]([NH3+])(CCC(=O)[O-])C(=O)[O-]. The number of quaternary nitrogens is 1. The highest BCUT2D eigenvalue weighted by Gasteiger charge is 2.23.